The van der Waals surface area contributed by atoms with Gasteiger partial charge in [-0.3, -0.25) is 0 Å². The normalized spacial score (nSPS) is 12.0. The Morgan fingerprint density at radius 1 is 0.952 bits per heavy atom. The molecule has 106 valence electrons. The molecule has 0 amide bonds. The van der Waals surface area contributed by atoms with Gasteiger partial charge < -0.3 is 4.74 Å². The van der Waals surface area contributed by atoms with Crippen molar-refractivity contribution < 1.29 is 4.74 Å². The van der Waals surface area contributed by atoms with Crippen LogP contribution in [0.15, 0.2) is 60.7 Å². The zero-order valence-electron chi connectivity index (χ0n) is 11.1. The fraction of sp³-hybridized carbons (Fsp3) is 0.125. The Labute approximate surface area is 132 Å². The maximum Gasteiger partial charge on any atom is 0.155 e. The Bertz CT molecular complexity index is 688. The van der Waals surface area contributed by atoms with Gasteiger partial charge in [-0.2, -0.15) is 0 Å². The number of para-hydroxylation sites is 1. The lowest BCUT2D eigenvalue weighted by atomic mass is 10.1. The van der Waals surface area contributed by atoms with Crippen LogP contribution in [-0.2, 0) is 6.61 Å². The summed E-state index contributed by atoms with van der Waals surface area (Å²) in [5.41, 5.74) is 1.02. The molecule has 0 aliphatic rings. The van der Waals surface area contributed by atoms with E-state index in [1.54, 1.807) is 0 Å². The van der Waals surface area contributed by atoms with Gasteiger partial charge in [0.25, 0.3) is 0 Å². The minimum atomic E-state index is -0.269. The van der Waals surface area contributed by atoms with E-state index >= 15 is 0 Å². The van der Waals surface area contributed by atoms with Crippen molar-refractivity contribution in [2.75, 3.05) is 0 Å². The average molecular weight is 317 g/mol. The molecule has 21 heavy (non-hydrogen) atoms. The average Bonchev–Trinajstić information content (AvgIpc) is 3.03. The van der Waals surface area contributed by atoms with Crippen molar-refractivity contribution in [2.45, 2.75) is 12.0 Å². The van der Waals surface area contributed by atoms with E-state index in [1.165, 1.54) is 11.3 Å². The second-order valence-corrected chi connectivity index (χ2v) is 5.94. The summed E-state index contributed by atoms with van der Waals surface area (Å²) < 4.78 is 5.66. The molecule has 0 aliphatic heterocycles. The first kappa shape index (κ1) is 14.0. The summed E-state index contributed by atoms with van der Waals surface area (Å²) in [6, 6.07) is 19.5. The Morgan fingerprint density at radius 2 is 1.62 bits per heavy atom. The van der Waals surface area contributed by atoms with E-state index in [1.807, 2.05) is 60.7 Å². The van der Waals surface area contributed by atoms with Crippen LogP contribution >= 0.6 is 22.9 Å². The van der Waals surface area contributed by atoms with E-state index < -0.39 is 0 Å². The second-order valence-electron chi connectivity index (χ2n) is 4.41. The van der Waals surface area contributed by atoms with Crippen LogP contribution in [-0.4, -0.2) is 10.2 Å². The van der Waals surface area contributed by atoms with E-state index in [0.29, 0.717) is 6.61 Å². The standard InChI is InChI=1S/C16H13ClN2OS/c17-15(12-7-3-1-4-8-12)16-19-18-14(21-16)11-20-13-9-5-2-6-10-13/h1-10,15H,11H2. The molecule has 1 aromatic heterocycles. The lowest BCUT2D eigenvalue weighted by molar-refractivity contribution is 0.304. The minimum absolute atomic E-state index is 0.269. The van der Waals surface area contributed by atoms with Gasteiger partial charge in [0.15, 0.2) is 5.01 Å². The maximum atomic E-state index is 6.43. The fourth-order valence-corrected chi connectivity index (χ4v) is 2.94. The van der Waals surface area contributed by atoms with Crippen LogP contribution in [0, 0.1) is 0 Å². The van der Waals surface area contributed by atoms with E-state index in [4.69, 9.17) is 16.3 Å². The number of nitrogens with zero attached hydrogens (tertiary/aromatic N) is 2. The minimum Gasteiger partial charge on any atom is -0.486 e. The molecule has 0 radical (unpaired) electrons. The Hall–Kier alpha value is -1.91. The van der Waals surface area contributed by atoms with Crippen molar-refractivity contribution in [1.82, 2.24) is 10.2 Å². The molecule has 0 saturated carbocycles. The van der Waals surface area contributed by atoms with Gasteiger partial charge >= 0.3 is 0 Å². The van der Waals surface area contributed by atoms with E-state index in [9.17, 15) is 0 Å². The van der Waals surface area contributed by atoms with Crippen molar-refractivity contribution in [2.24, 2.45) is 0 Å². The highest BCUT2D eigenvalue weighted by Gasteiger charge is 2.16. The molecule has 3 rings (SSSR count). The van der Waals surface area contributed by atoms with Gasteiger partial charge in [-0.25, -0.2) is 0 Å². The topological polar surface area (TPSA) is 35.0 Å². The smallest absolute Gasteiger partial charge is 0.155 e. The number of benzene rings is 2. The molecule has 0 saturated heterocycles. The first-order valence-electron chi connectivity index (χ1n) is 6.52. The quantitative estimate of drug-likeness (QED) is 0.652. The first-order chi connectivity index (χ1) is 10.3. The third-order valence-corrected chi connectivity index (χ3v) is 4.45. The molecule has 0 fully saturated rings. The van der Waals surface area contributed by atoms with Crippen LogP contribution < -0.4 is 4.74 Å². The highest BCUT2D eigenvalue weighted by Crippen LogP contribution is 2.30. The number of hydrogen-bond donors (Lipinski definition) is 0. The number of halogens is 1. The van der Waals surface area contributed by atoms with Crippen LogP contribution in [0.25, 0.3) is 0 Å². The number of aromatic nitrogens is 2. The van der Waals surface area contributed by atoms with Gasteiger partial charge in [-0.05, 0) is 17.7 Å². The third kappa shape index (κ3) is 3.60. The molecular formula is C16H13ClN2OS. The molecule has 3 nitrogen and oxygen atoms in total. The van der Waals surface area contributed by atoms with Gasteiger partial charge in [0, 0.05) is 0 Å². The van der Waals surface area contributed by atoms with Crippen molar-refractivity contribution >= 4 is 22.9 Å². The van der Waals surface area contributed by atoms with Gasteiger partial charge in [0.05, 0.1) is 0 Å². The SMILES string of the molecule is ClC(c1ccccc1)c1nnc(COc2ccccc2)s1. The zero-order valence-corrected chi connectivity index (χ0v) is 12.7. The number of rotatable bonds is 5. The summed E-state index contributed by atoms with van der Waals surface area (Å²) in [5, 5.41) is 9.63. The lowest BCUT2D eigenvalue weighted by Crippen LogP contribution is -1.94. The number of hydrogen-bond acceptors (Lipinski definition) is 4. The Kier molecular flexibility index (Phi) is 4.48. The summed E-state index contributed by atoms with van der Waals surface area (Å²) in [6.07, 6.45) is 0. The van der Waals surface area contributed by atoms with Gasteiger partial charge in [-0.1, -0.05) is 59.9 Å². The van der Waals surface area contributed by atoms with E-state index in [0.717, 1.165) is 21.3 Å². The molecule has 0 spiro atoms. The Morgan fingerprint density at radius 3 is 2.33 bits per heavy atom. The van der Waals surface area contributed by atoms with E-state index in [2.05, 4.69) is 10.2 Å². The molecule has 1 heterocycles. The molecule has 0 N–H and O–H groups in total. The molecule has 0 bridgehead atoms. The van der Waals surface area contributed by atoms with Crippen LogP contribution in [0.3, 0.4) is 0 Å². The highest BCUT2D eigenvalue weighted by atomic mass is 35.5. The monoisotopic (exact) mass is 316 g/mol. The van der Waals surface area contributed by atoms with Gasteiger partial charge in [0.1, 0.15) is 22.7 Å². The van der Waals surface area contributed by atoms with E-state index in [-0.39, 0.29) is 5.38 Å². The van der Waals surface area contributed by atoms with Gasteiger partial charge in [0.2, 0.25) is 0 Å². The number of alkyl halides is 1. The molecule has 2 aromatic carbocycles. The molecule has 1 unspecified atom stereocenters. The molecule has 3 aromatic rings. The fourth-order valence-electron chi connectivity index (χ4n) is 1.85. The van der Waals surface area contributed by atoms with Crippen LogP contribution in [0.4, 0.5) is 0 Å². The van der Waals surface area contributed by atoms with Crippen LogP contribution in [0.1, 0.15) is 21.0 Å². The zero-order chi connectivity index (χ0) is 14.5. The summed E-state index contributed by atoms with van der Waals surface area (Å²) in [5.74, 6) is 0.819. The highest BCUT2D eigenvalue weighted by molar-refractivity contribution is 7.11. The third-order valence-electron chi connectivity index (χ3n) is 2.90. The van der Waals surface area contributed by atoms with Crippen molar-refractivity contribution in [3.8, 4) is 5.75 Å². The molecule has 5 heteroatoms. The second kappa shape index (κ2) is 6.70. The number of ether oxygens (including phenoxy) is 1. The van der Waals surface area contributed by atoms with Crippen LogP contribution in [0.5, 0.6) is 5.75 Å². The van der Waals surface area contributed by atoms with Crippen molar-refractivity contribution in [3.05, 3.63) is 76.2 Å². The summed E-state index contributed by atoms with van der Waals surface area (Å²) >= 11 is 7.91. The maximum absolute atomic E-state index is 6.43. The summed E-state index contributed by atoms with van der Waals surface area (Å²) in [6.45, 7) is 0.403. The summed E-state index contributed by atoms with van der Waals surface area (Å²) in [7, 11) is 0. The van der Waals surface area contributed by atoms with Crippen molar-refractivity contribution in [1.29, 1.82) is 0 Å². The molecule has 1 atom stereocenters. The molecule has 0 aliphatic carbocycles. The molecular weight excluding hydrogens is 304 g/mol. The van der Waals surface area contributed by atoms with Gasteiger partial charge in [-0.15, -0.1) is 21.8 Å². The predicted molar refractivity (Wildman–Crippen MR) is 84.8 cm³/mol. The largest absolute Gasteiger partial charge is 0.486 e. The van der Waals surface area contributed by atoms with Crippen LogP contribution in [0.2, 0.25) is 0 Å². The Balaban J connectivity index is 1.66. The first-order valence-corrected chi connectivity index (χ1v) is 7.77. The van der Waals surface area contributed by atoms with Crippen molar-refractivity contribution in [3.63, 3.8) is 0 Å². The lowest BCUT2D eigenvalue weighted by Gasteiger charge is -2.04. The summed E-state index contributed by atoms with van der Waals surface area (Å²) in [4.78, 5) is 0. The predicted octanol–water partition coefficient (Wildman–Crippen LogP) is 4.45.